The zero-order chi connectivity index (χ0) is 16.8. The number of hydrogen-bond donors (Lipinski definition) is 1. The first-order chi connectivity index (χ1) is 11.7. The second-order valence-electron chi connectivity index (χ2n) is 6.08. The summed E-state index contributed by atoms with van der Waals surface area (Å²) in [6.45, 7) is 1.53. The van der Waals surface area contributed by atoms with Crippen LogP contribution in [0.3, 0.4) is 0 Å². The van der Waals surface area contributed by atoms with Gasteiger partial charge in [0.15, 0.2) is 5.76 Å². The number of nitrogens with one attached hydrogen (secondary N) is 1. The van der Waals surface area contributed by atoms with E-state index in [0.29, 0.717) is 6.42 Å². The third-order valence-corrected chi connectivity index (χ3v) is 4.30. The van der Waals surface area contributed by atoms with E-state index >= 15 is 0 Å². The Bertz CT molecular complexity index is 661. The van der Waals surface area contributed by atoms with Crippen molar-refractivity contribution in [2.24, 2.45) is 0 Å². The van der Waals surface area contributed by atoms with E-state index < -0.39 is 6.04 Å². The van der Waals surface area contributed by atoms with E-state index in [9.17, 15) is 9.59 Å². The average molecular weight is 326 g/mol. The maximum Gasteiger partial charge on any atom is 0.287 e. The summed E-state index contributed by atoms with van der Waals surface area (Å²) in [4.78, 5) is 27.1. The van der Waals surface area contributed by atoms with Gasteiger partial charge in [-0.05, 0) is 37.0 Å². The molecule has 1 aromatic carbocycles. The maximum atomic E-state index is 12.9. The SMILES string of the molecule is O=C(NC(Cc1ccccc1)C(=O)N1CCCCC1)c1ccco1. The molecule has 0 bridgehead atoms. The summed E-state index contributed by atoms with van der Waals surface area (Å²) in [6, 6.07) is 12.4. The number of likely N-dealkylation sites (tertiary alicyclic amines) is 1. The molecule has 0 saturated carbocycles. The van der Waals surface area contributed by atoms with E-state index in [1.807, 2.05) is 35.2 Å². The Morgan fingerprint density at radius 1 is 1.04 bits per heavy atom. The van der Waals surface area contributed by atoms with Gasteiger partial charge in [-0.1, -0.05) is 30.3 Å². The predicted octanol–water partition coefficient (Wildman–Crippen LogP) is 2.63. The third kappa shape index (κ3) is 4.04. The standard InChI is InChI=1S/C19H22N2O3/c22-18(17-10-7-13-24-17)20-16(14-15-8-3-1-4-9-15)19(23)21-11-5-2-6-12-21/h1,3-4,7-10,13,16H,2,5-6,11-12,14H2,(H,20,22). The number of benzene rings is 1. The molecule has 1 aliphatic rings. The van der Waals surface area contributed by atoms with Gasteiger partial charge in [-0.15, -0.1) is 0 Å². The first-order valence-corrected chi connectivity index (χ1v) is 8.41. The number of amides is 2. The Morgan fingerprint density at radius 2 is 1.79 bits per heavy atom. The van der Waals surface area contributed by atoms with Crippen LogP contribution < -0.4 is 5.32 Å². The number of furan rings is 1. The number of hydrogen-bond acceptors (Lipinski definition) is 3. The fourth-order valence-electron chi connectivity index (χ4n) is 3.02. The van der Waals surface area contributed by atoms with Crippen molar-refractivity contribution < 1.29 is 14.0 Å². The van der Waals surface area contributed by atoms with Crippen molar-refractivity contribution in [3.63, 3.8) is 0 Å². The summed E-state index contributed by atoms with van der Waals surface area (Å²) < 4.78 is 5.13. The van der Waals surface area contributed by atoms with E-state index in [2.05, 4.69) is 5.32 Å². The van der Waals surface area contributed by atoms with Crippen LogP contribution in [0.1, 0.15) is 35.4 Å². The predicted molar refractivity (Wildman–Crippen MR) is 90.5 cm³/mol. The zero-order valence-electron chi connectivity index (χ0n) is 13.6. The summed E-state index contributed by atoms with van der Waals surface area (Å²) >= 11 is 0. The molecule has 1 N–H and O–H groups in total. The van der Waals surface area contributed by atoms with Crippen LogP contribution in [0.5, 0.6) is 0 Å². The molecule has 0 aliphatic carbocycles. The number of nitrogens with zero attached hydrogens (tertiary/aromatic N) is 1. The van der Waals surface area contributed by atoms with Crippen LogP contribution in [0, 0.1) is 0 Å². The van der Waals surface area contributed by atoms with Gasteiger partial charge in [-0.3, -0.25) is 9.59 Å². The van der Waals surface area contributed by atoms with Crippen LogP contribution in [0.25, 0.3) is 0 Å². The number of rotatable bonds is 5. The van der Waals surface area contributed by atoms with E-state index in [0.717, 1.165) is 37.9 Å². The summed E-state index contributed by atoms with van der Waals surface area (Å²) in [6.07, 6.45) is 5.13. The highest BCUT2D eigenvalue weighted by molar-refractivity contribution is 5.95. The van der Waals surface area contributed by atoms with E-state index in [1.165, 1.54) is 6.26 Å². The van der Waals surface area contributed by atoms with Gasteiger partial charge in [0.05, 0.1) is 6.26 Å². The summed E-state index contributed by atoms with van der Waals surface area (Å²) in [5.41, 5.74) is 1.02. The van der Waals surface area contributed by atoms with Crippen molar-refractivity contribution in [3.8, 4) is 0 Å². The molecule has 1 aromatic heterocycles. The Morgan fingerprint density at radius 3 is 2.46 bits per heavy atom. The topological polar surface area (TPSA) is 62.6 Å². The van der Waals surface area contributed by atoms with Gasteiger partial charge in [-0.25, -0.2) is 0 Å². The van der Waals surface area contributed by atoms with Crippen LogP contribution in [-0.4, -0.2) is 35.8 Å². The van der Waals surface area contributed by atoms with Crippen molar-refractivity contribution in [1.29, 1.82) is 0 Å². The molecule has 0 spiro atoms. The average Bonchev–Trinajstić information content (AvgIpc) is 3.17. The first-order valence-electron chi connectivity index (χ1n) is 8.41. The summed E-state index contributed by atoms with van der Waals surface area (Å²) in [7, 11) is 0. The highest BCUT2D eigenvalue weighted by Gasteiger charge is 2.28. The number of carbonyl (C=O) groups is 2. The zero-order valence-corrected chi connectivity index (χ0v) is 13.6. The highest BCUT2D eigenvalue weighted by atomic mass is 16.3. The molecule has 2 aromatic rings. The lowest BCUT2D eigenvalue weighted by Gasteiger charge is -2.30. The summed E-state index contributed by atoms with van der Waals surface area (Å²) in [5.74, 6) is -0.149. The minimum atomic E-state index is -0.580. The second-order valence-corrected chi connectivity index (χ2v) is 6.08. The van der Waals surface area contributed by atoms with Gasteiger partial charge in [0.2, 0.25) is 5.91 Å². The van der Waals surface area contributed by atoms with Crippen molar-refractivity contribution in [1.82, 2.24) is 10.2 Å². The van der Waals surface area contributed by atoms with Crippen molar-refractivity contribution in [2.75, 3.05) is 13.1 Å². The molecule has 3 rings (SSSR count). The van der Waals surface area contributed by atoms with Gasteiger partial charge >= 0.3 is 0 Å². The molecule has 1 fully saturated rings. The fourth-order valence-corrected chi connectivity index (χ4v) is 3.02. The maximum absolute atomic E-state index is 12.9. The molecular weight excluding hydrogens is 304 g/mol. The Labute approximate surface area is 141 Å². The molecule has 5 nitrogen and oxygen atoms in total. The minimum absolute atomic E-state index is 0.0153. The summed E-state index contributed by atoms with van der Waals surface area (Å²) in [5, 5.41) is 2.84. The van der Waals surface area contributed by atoms with Crippen LogP contribution in [-0.2, 0) is 11.2 Å². The van der Waals surface area contributed by atoms with Crippen LogP contribution >= 0.6 is 0 Å². The number of carbonyl (C=O) groups excluding carboxylic acids is 2. The van der Waals surface area contributed by atoms with E-state index in [4.69, 9.17) is 4.42 Å². The van der Waals surface area contributed by atoms with Crippen LogP contribution in [0.15, 0.2) is 53.1 Å². The molecule has 1 saturated heterocycles. The first kappa shape index (κ1) is 16.3. The minimum Gasteiger partial charge on any atom is -0.459 e. The van der Waals surface area contributed by atoms with Gasteiger partial charge in [-0.2, -0.15) is 0 Å². The number of piperidine rings is 1. The lowest BCUT2D eigenvalue weighted by atomic mass is 10.0. The molecule has 126 valence electrons. The molecule has 1 atom stereocenters. The molecular formula is C19H22N2O3. The highest BCUT2D eigenvalue weighted by Crippen LogP contribution is 2.13. The fraction of sp³-hybridized carbons (Fsp3) is 0.368. The van der Waals surface area contributed by atoms with Crippen LogP contribution in [0.2, 0.25) is 0 Å². The third-order valence-electron chi connectivity index (χ3n) is 4.30. The lowest BCUT2D eigenvalue weighted by Crippen LogP contribution is -2.51. The quantitative estimate of drug-likeness (QED) is 0.919. The normalized spacial score (nSPS) is 15.8. The van der Waals surface area contributed by atoms with E-state index in [1.54, 1.807) is 12.1 Å². The van der Waals surface area contributed by atoms with Gasteiger partial charge in [0, 0.05) is 19.5 Å². The van der Waals surface area contributed by atoms with E-state index in [-0.39, 0.29) is 17.6 Å². The molecule has 0 radical (unpaired) electrons. The molecule has 2 heterocycles. The molecule has 1 aliphatic heterocycles. The molecule has 1 unspecified atom stereocenters. The smallest absolute Gasteiger partial charge is 0.287 e. The van der Waals surface area contributed by atoms with Gasteiger partial charge in [0.25, 0.3) is 5.91 Å². The van der Waals surface area contributed by atoms with Crippen molar-refractivity contribution >= 4 is 11.8 Å². The van der Waals surface area contributed by atoms with Crippen molar-refractivity contribution in [3.05, 3.63) is 60.1 Å². The van der Waals surface area contributed by atoms with Gasteiger partial charge in [0.1, 0.15) is 6.04 Å². The second kappa shape index (κ2) is 7.81. The Balaban J connectivity index is 1.74. The van der Waals surface area contributed by atoms with Crippen molar-refractivity contribution in [2.45, 2.75) is 31.7 Å². The molecule has 5 heteroatoms. The monoisotopic (exact) mass is 326 g/mol. The van der Waals surface area contributed by atoms with Gasteiger partial charge < -0.3 is 14.6 Å². The lowest BCUT2D eigenvalue weighted by molar-refractivity contribution is -0.134. The largest absolute Gasteiger partial charge is 0.459 e. The Kier molecular flexibility index (Phi) is 5.31. The molecule has 2 amide bonds. The molecule has 24 heavy (non-hydrogen) atoms. The van der Waals surface area contributed by atoms with Crippen LogP contribution in [0.4, 0.5) is 0 Å². The Hall–Kier alpha value is -2.56.